The zero-order valence-corrected chi connectivity index (χ0v) is 16.0. The summed E-state index contributed by atoms with van der Waals surface area (Å²) in [6.07, 6.45) is 9.93. The van der Waals surface area contributed by atoms with E-state index in [0.717, 1.165) is 51.5 Å². The van der Waals surface area contributed by atoms with E-state index < -0.39 is 0 Å². The summed E-state index contributed by atoms with van der Waals surface area (Å²) < 4.78 is 0. The van der Waals surface area contributed by atoms with Gasteiger partial charge in [-0.15, -0.1) is 0 Å². The molecule has 6 heteroatoms. The molecule has 26 heavy (non-hydrogen) atoms. The Morgan fingerprint density at radius 1 is 0.769 bits per heavy atom. The van der Waals surface area contributed by atoms with Gasteiger partial charge in [0.25, 0.3) is 0 Å². The molecular weight excluding hydrogens is 328 g/mol. The summed E-state index contributed by atoms with van der Waals surface area (Å²) in [5.41, 5.74) is 0. The lowest BCUT2D eigenvalue weighted by atomic mass is 9.78. The quantitative estimate of drug-likeness (QED) is 0.795. The van der Waals surface area contributed by atoms with Gasteiger partial charge < -0.3 is 10.2 Å². The van der Waals surface area contributed by atoms with Crippen molar-refractivity contribution >= 4 is 11.8 Å². The number of nitrogens with zero attached hydrogens (tertiary/aromatic N) is 3. The fourth-order valence-electron chi connectivity index (χ4n) is 5.03. The number of fused-ring (bicyclic) bond motifs is 1. The topological polar surface area (TPSA) is 55.9 Å². The smallest absolute Gasteiger partial charge is 0.237 e. The first-order valence-corrected chi connectivity index (χ1v) is 10.7. The molecule has 4 fully saturated rings. The molecule has 0 radical (unpaired) electrons. The van der Waals surface area contributed by atoms with Crippen molar-refractivity contribution < 1.29 is 9.59 Å². The summed E-state index contributed by atoms with van der Waals surface area (Å²) in [6, 6.07) is 0.951. The number of likely N-dealkylation sites (tertiary alicyclic amines) is 1. The van der Waals surface area contributed by atoms with Gasteiger partial charge in [0, 0.05) is 44.8 Å². The van der Waals surface area contributed by atoms with Gasteiger partial charge >= 0.3 is 0 Å². The van der Waals surface area contributed by atoms with Gasteiger partial charge in [0.2, 0.25) is 11.8 Å². The number of amides is 2. The molecule has 2 amide bonds. The van der Waals surface area contributed by atoms with E-state index in [1.807, 2.05) is 0 Å². The lowest BCUT2D eigenvalue weighted by Crippen LogP contribution is -2.55. The van der Waals surface area contributed by atoms with Crippen LogP contribution in [0.5, 0.6) is 0 Å². The predicted octanol–water partition coefficient (Wildman–Crippen LogP) is 1.06. The van der Waals surface area contributed by atoms with E-state index in [1.165, 1.54) is 38.5 Å². The highest BCUT2D eigenvalue weighted by molar-refractivity contribution is 5.79. The molecule has 2 aliphatic heterocycles. The molecule has 1 N–H and O–H groups in total. The van der Waals surface area contributed by atoms with Crippen LogP contribution >= 0.6 is 0 Å². The Kier molecular flexibility index (Phi) is 5.79. The number of carbonyl (C=O) groups excluding carboxylic acids is 2. The monoisotopic (exact) mass is 362 g/mol. The van der Waals surface area contributed by atoms with Crippen LogP contribution in [0.25, 0.3) is 0 Å². The van der Waals surface area contributed by atoms with E-state index in [0.29, 0.717) is 31.1 Å². The van der Waals surface area contributed by atoms with Crippen LogP contribution in [0.1, 0.15) is 51.4 Å². The molecule has 2 saturated heterocycles. The van der Waals surface area contributed by atoms with Crippen molar-refractivity contribution in [1.82, 2.24) is 20.0 Å². The summed E-state index contributed by atoms with van der Waals surface area (Å²) in [4.78, 5) is 31.6. The van der Waals surface area contributed by atoms with Gasteiger partial charge in [-0.3, -0.25) is 19.4 Å². The Bertz CT molecular complexity index is 512. The molecule has 0 unspecified atom stereocenters. The van der Waals surface area contributed by atoms with Gasteiger partial charge in [0.1, 0.15) is 0 Å². The number of piperazine rings is 1. The first kappa shape index (κ1) is 18.2. The molecular formula is C20H34N4O2. The second-order valence-corrected chi connectivity index (χ2v) is 8.74. The predicted molar refractivity (Wildman–Crippen MR) is 101 cm³/mol. The third kappa shape index (κ3) is 4.58. The van der Waals surface area contributed by atoms with Crippen molar-refractivity contribution in [3.05, 3.63) is 0 Å². The minimum Gasteiger partial charge on any atom is -0.352 e. The Hall–Kier alpha value is -1.14. The van der Waals surface area contributed by atoms with E-state index in [1.54, 1.807) is 0 Å². The Morgan fingerprint density at radius 3 is 2.15 bits per heavy atom. The van der Waals surface area contributed by atoms with Crippen molar-refractivity contribution in [2.75, 3.05) is 45.8 Å². The molecule has 4 rings (SSSR count). The highest BCUT2D eigenvalue weighted by Crippen LogP contribution is 2.35. The molecule has 0 aromatic carbocycles. The van der Waals surface area contributed by atoms with Crippen LogP contribution in [-0.4, -0.2) is 84.4 Å². The zero-order valence-electron chi connectivity index (χ0n) is 16.0. The molecule has 0 aromatic rings. The maximum atomic E-state index is 12.9. The molecule has 2 aliphatic carbocycles. The molecule has 146 valence electrons. The number of carbonyl (C=O) groups is 2. The number of hydrogen-bond donors (Lipinski definition) is 1. The van der Waals surface area contributed by atoms with Crippen LogP contribution in [0.15, 0.2) is 0 Å². The van der Waals surface area contributed by atoms with Crippen LogP contribution in [0, 0.1) is 5.92 Å². The van der Waals surface area contributed by atoms with Crippen molar-refractivity contribution in [3.63, 3.8) is 0 Å². The van der Waals surface area contributed by atoms with E-state index in [4.69, 9.17) is 0 Å². The fraction of sp³-hybridized carbons (Fsp3) is 0.900. The summed E-state index contributed by atoms with van der Waals surface area (Å²) in [5, 5.41) is 3.06. The largest absolute Gasteiger partial charge is 0.352 e. The van der Waals surface area contributed by atoms with Gasteiger partial charge in [-0.25, -0.2) is 0 Å². The van der Waals surface area contributed by atoms with E-state index in [2.05, 4.69) is 20.0 Å². The van der Waals surface area contributed by atoms with Gasteiger partial charge in [0.15, 0.2) is 0 Å². The normalized spacial score (nSPS) is 30.7. The zero-order chi connectivity index (χ0) is 17.9. The number of hydrogen-bond acceptors (Lipinski definition) is 4. The molecule has 4 aliphatic rings. The average Bonchev–Trinajstić information content (AvgIpc) is 3.46. The third-order valence-electron chi connectivity index (χ3n) is 6.70. The van der Waals surface area contributed by atoms with Crippen LogP contribution in [0.3, 0.4) is 0 Å². The first-order valence-electron chi connectivity index (χ1n) is 10.7. The summed E-state index contributed by atoms with van der Waals surface area (Å²) in [7, 11) is 0. The first-order chi connectivity index (χ1) is 12.7. The van der Waals surface area contributed by atoms with Gasteiger partial charge in [-0.05, 0) is 44.4 Å². The second-order valence-electron chi connectivity index (χ2n) is 8.74. The van der Waals surface area contributed by atoms with Crippen molar-refractivity contribution in [2.45, 2.75) is 63.5 Å². The summed E-state index contributed by atoms with van der Waals surface area (Å²) in [6.45, 7) is 5.59. The van der Waals surface area contributed by atoms with Crippen molar-refractivity contribution in [1.29, 1.82) is 0 Å². The lowest BCUT2D eigenvalue weighted by Gasteiger charge is -2.45. The van der Waals surface area contributed by atoms with Crippen LogP contribution in [0.2, 0.25) is 0 Å². The molecule has 0 spiro atoms. The molecule has 6 nitrogen and oxygen atoms in total. The van der Waals surface area contributed by atoms with Gasteiger partial charge in [-0.2, -0.15) is 0 Å². The number of rotatable bonds is 5. The molecule has 2 heterocycles. The minimum absolute atomic E-state index is 0.161. The number of piperidine rings is 1. The number of nitrogens with one attached hydrogen (secondary N) is 1. The average molecular weight is 363 g/mol. The maximum absolute atomic E-state index is 12.9. The maximum Gasteiger partial charge on any atom is 0.237 e. The van der Waals surface area contributed by atoms with Crippen LogP contribution in [-0.2, 0) is 9.59 Å². The lowest BCUT2D eigenvalue weighted by molar-refractivity contribution is -0.139. The minimum atomic E-state index is 0.161. The molecule has 0 aromatic heterocycles. The summed E-state index contributed by atoms with van der Waals surface area (Å²) in [5.74, 6) is 1.25. The Labute approximate surface area is 157 Å². The van der Waals surface area contributed by atoms with Gasteiger partial charge in [0.05, 0.1) is 13.1 Å². The van der Waals surface area contributed by atoms with Crippen molar-refractivity contribution in [2.24, 2.45) is 5.92 Å². The Balaban J connectivity index is 1.21. The van der Waals surface area contributed by atoms with E-state index >= 15 is 0 Å². The fourth-order valence-corrected chi connectivity index (χ4v) is 5.03. The second kappa shape index (κ2) is 8.26. The standard InChI is InChI=1S/C20H34N4O2/c25-19(21-17-7-8-17)14-22-10-12-23(13-11-22)15-20(26)24-9-3-5-16-4-1-2-6-18(16)24/h16-18H,1-15H2,(H,21,25)/t16-,18-/m0/s1. The van der Waals surface area contributed by atoms with Gasteiger partial charge in [-0.1, -0.05) is 12.8 Å². The highest BCUT2D eigenvalue weighted by atomic mass is 16.2. The highest BCUT2D eigenvalue weighted by Gasteiger charge is 2.36. The Morgan fingerprint density at radius 2 is 1.42 bits per heavy atom. The van der Waals surface area contributed by atoms with Crippen LogP contribution in [0.4, 0.5) is 0 Å². The van der Waals surface area contributed by atoms with Crippen LogP contribution < -0.4 is 5.32 Å². The third-order valence-corrected chi connectivity index (χ3v) is 6.70. The molecule has 0 bridgehead atoms. The summed E-state index contributed by atoms with van der Waals surface area (Å²) >= 11 is 0. The van der Waals surface area contributed by atoms with Crippen molar-refractivity contribution in [3.8, 4) is 0 Å². The SMILES string of the molecule is O=C(CN1CCN(CC(=O)N2CCC[C@@H]3CCCC[C@@H]32)CC1)NC1CC1. The molecule has 2 saturated carbocycles. The van der Waals surface area contributed by atoms with E-state index in [-0.39, 0.29) is 5.91 Å². The molecule has 2 atom stereocenters. The van der Waals surface area contributed by atoms with E-state index in [9.17, 15) is 9.59 Å².